The van der Waals surface area contributed by atoms with E-state index in [0.717, 1.165) is 39.0 Å². The Morgan fingerprint density at radius 2 is 1.08 bits per heavy atom. The maximum Gasteiger partial charge on any atom is 0.159 e. The second-order valence-electron chi connectivity index (χ2n) is 14.1. The molecule has 0 saturated carbocycles. The van der Waals surface area contributed by atoms with Crippen molar-refractivity contribution >= 4 is 49.8 Å². The summed E-state index contributed by atoms with van der Waals surface area (Å²) in [5.74, 6) is 0. The van der Waals surface area contributed by atoms with Crippen molar-refractivity contribution in [2.45, 2.75) is 19.3 Å². The smallest absolute Gasteiger partial charge is 0.159 e. The average molecular weight is 654 g/mol. The van der Waals surface area contributed by atoms with Gasteiger partial charge in [-0.1, -0.05) is 147 Å². The van der Waals surface area contributed by atoms with Crippen molar-refractivity contribution in [1.29, 1.82) is 0 Å². The third-order valence-corrected chi connectivity index (χ3v) is 10.9. The lowest BCUT2D eigenvalue weighted by Crippen LogP contribution is -2.16. The molecular weight excluding hydrogens is 619 g/mol. The molecule has 0 spiro atoms. The third-order valence-electron chi connectivity index (χ3n) is 10.9. The van der Waals surface area contributed by atoms with Crippen molar-refractivity contribution in [2.24, 2.45) is 0 Å². The summed E-state index contributed by atoms with van der Waals surface area (Å²) < 4.78 is 6.63. The molecule has 0 fully saturated rings. The summed E-state index contributed by atoms with van der Waals surface area (Å²) in [6.07, 6.45) is 0. The van der Waals surface area contributed by atoms with Gasteiger partial charge >= 0.3 is 0 Å². The lowest BCUT2D eigenvalue weighted by molar-refractivity contribution is 0.660. The molecule has 0 amide bonds. The summed E-state index contributed by atoms with van der Waals surface area (Å²) in [7, 11) is 0. The van der Waals surface area contributed by atoms with Gasteiger partial charge in [0.25, 0.3) is 0 Å². The van der Waals surface area contributed by atoms with Crippen LogP contribution in [0.5, 0.6) is 0 Å². The molecule has 2 heteroatoms. The Labute approximate surface area is 297 Å². The van der Waals surface area contributed by atoms with Crippen LogP contribution in [0.4, 0.5) is 17.1 Å². The Kier molecular flexibility index (Phi) is 6.56. The van der Waals surface area contributed by atoms with Gasteiger partial charge in [-0.25, -0.2) is 0 Å². The fourth-order valence-corrected chi connectivity index (χ4v) is 8.31. The van der Waals surface area contributed by atoms with Gasteiger partial charge in [-0.3, -0.25) is 0 Å². The first-order valence-electron chi connectivity index (χ1n) is 17.7. The molecule has 51 heavy (non-hydrogen) atoms. The molecule has 2 nitrogen and oxygen atoms in total. The minimum absolute atomic E-state index is 0.113. The van der Waals surface area contributed by atoms with Crippen molar-refractivity contribution in [3.63, 3.8) is 0 Å². The molecule has 0 saturated heterocycles. The van der Waals surface area contributed by atoms with Crippen LogP contribution < -0.4 is 4.90 Å². The zero-order valence-electron chi connectivity index (χ0n) is 28.6. The predicted octanol–water partition coefficient (Wildman–Crippen LogP) is 13.8. The number of para-hydroxylation sites is 2. The van der Waals surface area contributed by atoms with Gasteiger partial charge in [0, 0.05) is 27.6 Å². The zero-order valence-corrected chi connectivity index (χ0v) is 28.6. The van der Waals surface area contributed by atoms with Gasteiger partial charge in [0.15, 0.2) is 5.58 Å². The molecular formula is C49H35NO. The van der Waals surface area contributed by atoms with E-state index in [9.17, 15) is 0 Å². The van der Waals surface area contributed by atoms with Crippen LogP contribution in [0.1, 0.15) is 25.0 Å². The highest BCUT2D eigenvalue weighted by atomic mass is 16.3. The normalized spacial score (nSPS) is 13.1. The fraction of sp³-hybridized carbons (Fsp3) is 0.0612. The first-order chi connectivity index (χ1) is 25.0. The number of rotatable bonds is 5. The SMILES string of the molecule is CC1(C)c2ccccc2-c2ccc(N(c3ccc(-c4cccc(-c5cccc6ccccc56)c4)cc3)c3cccc4c3oc3ccccc34)cc21. The topological polar surface area (TPSA) is 16.4 Å². The lowest BCUT2D eigenvalue weighted by Gasteiger charge is -2.28. The van der Waals surface area contributed by atoms with Crippen LogP contribution in [0.3, 0.4) is 0 Å². The molecule has 1 aromatic heterocycles. The Balaban J connectivity index is 1.11. The summed E-state index contributed by atoms with van der Waals surface area (Å²) in [4.78, 5) is 2.36. The van der Waals surface area contributed by atoms with Gasteiger partial charge in [-0.05, 0) is 97.7 Å². The van der Waals surface area contributed by atoms with E-state index >= 15 is 0 Å². The van der Waals surface area contributed by atoms with Crippen molar-refractivity contribution in [3.8, 4) is 33.4 Å². The number of fused-ring (bicyclic) bond motifs is 7. The number of hydrogen-bond acceptors (Lipinski definition) is 2. The van der Waals surface area contributed by atoms with Crippen LogP contribution >= 0.6 is 0 Å². The number of furan rings is 1. The molecule has 242 valence electrons. The van der Waals surface area contributed by atoms with Gasteiger partial charge in [-0.15, -0.1) is 0 Å². The summed E-state index contributed by atoms with van der Waals surface area (Å²) in [5.41, 5.74) is 15.0. The molecule has 0 N–H and O–H groups in total. The van der Waals surface area contributed by atoms with Crippen LogP contribution in [0.15, 0.2) is 180 Å². The van der Waals surface area contributed by atoms with Crippen LogP contribution in [0, 0.1) is 0 Å². The molecule has 1 aliphatic rings. The Hall–Kier alpha value is -6.38. The Morgan fingerprint density at radius 1 is 0.431 bits per heavy atom. The monoisotopic (exact) mass is 653 g/mol. The van der Waals surface area contributed by atoms with E-state index in [1.54, 1.807) is 0 Å². The fourth-order valence-electron chi connectivity index (χ4n) is 8.31. The van der Waals surface area contributed by atoms with Crippen LogP contribution in [-0.2, 0) is 5.41 Å². The van der Waals surface area contributed by atoms with Gasteiger partial charge < -0.3 is 9.32 Å². The molecule has 0 aliphatic heterocycles. The zero-order chi connectivity index (χ0) is 34.1. The number of nitrogens with zero attached hydrogens (tertiary/aromatic N) is 1. The first kappa shape index (κ1) is 29.5. The quantitative estimate of drug-likeness (QED) is 0.184. The Bertz CT molecular complexity index is 2780. The largest absolute Gasteiger partial charge is 0.454 e. The second kappa shape index (κ2) is 11.3. The minimum atomic E-state index is -0.113. The highest BCUT2D eigenvalue weighted by Gasteiger charge is 2.36. The highest BCUT2D eigenvalue weighted by molar-refractivity contribution is 6.10. The number of benzene rings is 8. The standard InChI is InChI=1S/C49H35NO/c1-49(2)44-21-7-5-17-40(44)41-29-28-37(31-45(41)49)50(46-22-11-20-43-42-18-6-8-23-47(42)51-48(43)46)36-26-24-32(25-27-36)34-14-9-15-35(30-34)39-19-10-13-33-12-3-4-16-38(33)39/h3-31H,1-2H3. The molecule has 0 unspecified atom stereocenters. The van der Waals surface area contributed by atoms with Crippen molar-refractivity contribution in [3.05, 3.63) is 187 Å². The van der Waals surface area contributed by atoms with Crippen molar-refractivity contribution in [1.82, 2.24) is 0 Å². The molecule has 0 atom stereocenters. The molecule has 1 heterocycles. The van der Waals surface area contributed by atoms with E-state index in [1.165, 1.54) is 55.3 Å². The van der Waals surface area contributed by atoms with Gasteiger partial charge in [-0.2, -0.15) is 0 Å². The van der Waals surface area contributed by atoms with E-state index < -0.39 is 0 Å². The van der Waals surface area contributed by atoms with E-state index in [2.05, 4.69) is 189 Å². The van der Waals surface area contributed by atoms with E-state index in [1.807, 2.05) is 6.07 Å². The molecule has 10 rings (SSSR count). The average Bonchev–Trinajstić information content (AvgIpc) is 3.68. The van der Waals surface area contributed by atoms with Gasteiger partial charge in [0.2, 0.25) is 0 Å². The van der Waals surface area contributed by atoms with Crippen molar-refractivity contribution < 1.29 is 4.42 Å². The molecule has 0 radical (unpaired) electrons. The van der Waals surface area contributed by atoms with Gasteiger partial charge in [0.1, 0.15) is 5.58 Å². The van der Waals surface area contributed by atoms with Crippen LogP contribution in [-0.4, -0.2) is 0 Å². The second-order valence-corrected chi connectivity index (χ2v) is 14.1. The maximum atomic E-state index is 6.63. The summed E-state index contributed by atoms with van der Waals surface area (Å²) >= 11 is 0. The highest BCUT2D eigenvalue weighted by Crippen LogP contribution is 2.51. The summed E-state index contributed by atoms with van der Waals surface area (Å²) in [5, 5.41) is 4.76. The van der Waals surface area contributed by atoms with E-state index in [0.29, 0.717) is 0 Å². The third kappa shape index (κ3) is 4.64. The van der Waals surface area contributed by atoms with E-state index in [-0.39, 0.29) is 5.41 Å². The van der Waals surface area contributed by atoms with E-state index in [4.69, 9.17) is 4.42 Å². The Morgan fingerprint density at radius 3 is 1.98 bits per heavy atom. The van der Waals surface area contributed by atoms with Gasteiger partial charge in [0.05, 0.1) is 5.69 Å². The van der Waals surface area contributed by atoms with Crippen LogP contribution in [0.2, 0.25) is 0 Å². The summed E-state index contributed by atoms with van der Waals surface area (Å²) in [6, 6.07) is 63.6. The summed E-state index contributed by atoms with van der Waals surface area (Å²) in [6.45, 7) is 4.68. The number of anilines is 3. The lowest BCUT2D eigenvalue weighted by atomic mass is 9.82. The predicted molar refractivity (Wildman–Crippen MR) is 214 cm³/mol. The molecule has 1 aliphatic carbocycles. The first-order valence-corrected chi connectivity index (χ1v) is 17.7. The number of hydrogen-bond donors (Lipinski definition) is 0. The van der Waals surface area contributed by atoms with Crippen LogP contribution in [0.25, 0.3) is 66.1 Å². The molecule has 0 bridgehead atoms. The molecule has 9 aromatic rings. The minimum Gasteiger partial charge on any atom is -0.454 e. The van der Waals surface area contributed by atoms with Crippen molar-refractivity contribution in [2.75, 3.05) is 4.90 Å². The molecule has 8 aromatic carbocycles. The maximum absolute atomic E-state index is 6.63.